The molecule has 0 aromatic carbocycles. The number of carbonyl (C=O) groups is 1. The van der Waals surface area contributed by atoms with Crippen LogP contribution >= 0.6 is 24.2 Å². The topological polar surface area (TPSA) is 53.4 Å². The molecule has 0 atom stereocenters. The van der Waals surface area contributed by atoms with Crippen LogP contribution in [0.15, 0.2) is 12.1 Å². The maximum Gasteiger partial charge on any atom is 0.419 e. The van der Waals surface area contributed by atoms with E-state index in [0.717, 1.165) is 12.1 Å². The summed E-state index contributed by atoms with van der Waals surface area (Å²) in [5.74, 6) is -0.207. The molecule has 2 heterocycles. The van der Waals surface area contributed by atoms with Crippen molar-refractivity contribution in [3.05, 3.63) is 23.4 Å². The number of pyridine rings is 1. The van der Waals surface area contributed by atoms with E-state index in [0.29, 0.717) is 24.6 Å². The minimum absolute atomic E-state index is 0. The van der Waals surface area contributed by atoms with Gasteiger partial charge in [-0.15, -0.1) is 12.4 Å². The zero-order chi connectivity index (χ0) is 14.0. The van der Waals surface area contributed by atoms with Gasteiger partial charge in [-0.3, -0.25) is 0 Å². The Morgan fingerprint density at radius 3 is 2.40 bits per heavy atom. The Morgan fingerprint density at radius 2 is 1.90 bits per heavy atom. The maximum atomic E-state index is 12.9. The van der Waals surface area contributed by atoms with Crippen LogP contribution in [0.25, 0.3) is 0 Å². The van der Waals surface area contributed by atoms with Crippen molar-refractivity contribution in [2.24, 2.45) is 0 Å². The Hall–Kier alpha value is -1.15. The Balaban J connectivity index is 0.00000200. The fourth-order valence-corrected chi connectivity index (χ4v) is 2.71. The van der Waals surface area contributed by atoms with Gasteiger partial charge in [-0.25, -0.2) is 9.78 Å². The van der Waals surface area contributed by atoms with Crippen LogP contribution < -0.4 is 4.90 Å². The summed E-state index contributed by atoms with van der Waals surface area (Å²) in [5, 5.41) is 8.83. The largest absolute Gasteiger partial charge is 0.477 e. The number of carboxylic acids is 1. The average Bonchev–Trinajstić information content (AvgIpc) is 2.38. The minimum atomic E-state index is -4.54. The normalized spacial score (nSPS) is 15.7. The van der Waals surface area contributed by atoms with Gasteiger partial charge < -0.3 is 10.0 Å². The summed E-state index contributed by atoms with van der Waals surface area (Å²) in [5.41, 5.74) is -1.26. The van der Waals surface area contributed by atoms with Gasteiger partial charge in [0.1, 0.15) is 5.82 Å². The molecule has 112 valence electrons. The number of alkyl halides is 3. The highest BCUT2D eigenvalue weighted by Gasteiger charge is 2.36. The van der Waals surface area contributed by atoms with Gasteiger partial charge in [0.2, 0.25) is 0 Å². The van der Waals surface area contributed by atoms with Gasteiger partial charge >= 0.3 is 12.1 Å². The second-order valence-electron chi connectivity index (χ2n) is 3.97. The van der Waals surface area contributed by atoms with Gasteiger partial charge in [-0.2, -0.15) is 24.9 Å². The molecule has 0 saturated carbocycles. The van der Waals surface area contributed by atoms with E-state index in [9.17, 15) is 18.0 Å². The number of thioether (sulfide) groups is 1. The van der Waals surface area contributed by atoms with Gasteiger partial charge in [0.25, 0.3) is 0 Å². The van der Waals surface area contributed by atoms with Crippen molar-refractivity contribution in [3.63, 3.8) is 0 Å². The van der Waals surface area contributed by atoms with Crippen molar-refractivity contribution in [1.29, 1.82) is 0 Å². The fraction of sp³-hybridized carbons (Fsp3) is 0.455. The Kier molecular flexibility index (Phi) is 5.52. The van der Waals surface area contributed by atoms with Crippen molar-refractivity contribution in [2.75, 3.05) is 29.5 Å². The van der Waals surface area contributed by atoms with Gasteiger partial charge in [0, 0.05) is 24.6 Å². The first-order chi connectivity index (χ1) is 8.89. The molecule has 0 radical (unpaired) electrons. The van der Waals surface area contributed by atoms with Gasteiger partial charge in [0.15, 0.2) is 5.69 Å². The molecule has 0 aliphatic carbocycles. The Labute approximate surface area is 123 Å². The summed E-state index contributed by atoms with van der Waals surface area (Å²) < 4.78 is 38.8. The molecular formula is C11H12ClF3N2O2S. The van der Waals surface area contributed by atoms with Crippen molar-refractivity contribution >= 4 is 36.0 Å². The van der Waals surface area contributed by atoms with Crippen LogP contribution in [0, 0.1) is 0 Å². The van der Waals surface area contributed by atoms with Crippen LogP contribution in [0.4, 0.5) is 19.0 Å². The van der Waals surface area contributed by atoms with Crippen molar-refractivity contribution in [3.8, 4) is 0 Å². The number of halogens is 4. The molecule has 1 aromatic rings. The van der Waals surface area contributed by atoms with Gasteiger partial charge in [0.05, 0.1) is 5.56 Å². The number of anilines is 1. The van der Waals surface area contributed by atoms with Crippen LogP contribution in [-0.2, 0) is 6.18 Å². The van der Waals surface area contributed by atoms with Crippen LogP contribution in [-0.4, -0.2) is 40.7 Å². The van der Waals surface area contributed by atoms with E-state index in [2.05, 4.69) is 4.98 Å². The third kappa shape index (κ3) is 3.69. The molecule has 9 heteroatoms. The third-order valence-corrected chi connectivity index (χ3v) is 3.65. The standard InChI is InChI=1S/C11H11F3N2O2S.ClH/c12-11(13,14)7-1-2-8(10(17)18)15-9(7)16-3-5-19-6-4-16;/h1-2H,3-6H2,(H,17,18);1H. The van der Waals surface area contributed by atoms with E-state index in [1.165, 1.54) is 4.90 Å². The van der Waals surface area contributed by atoms with E-state index >= 15 is 0 Å². The van der Waals surface area contributed by atoms with E-state index in [4.69, 9.17) is 5.11 Å². The molecule has 1 aromatic heterocycles. The molecule has 1 aliphatic rings. The van der Waals surface area contributed by atoms with E-state index in [1.54, 1.807) is 11.8 Å². The lowest BCUT2D eigenvalue weighted by atomic mass is 10.2. The zero-order valence-corrected chi connectivity index (χ0v) is 11.8. The van der Waals surface area contributed by atoms with E-state index < -0.39 is 17.7 Å². The summed E-state index contributed by atoms with van der Waals surface area (Å²) in [6.45, 7) is 0.869. The Morgan fingerprint density at radius 1 is 1.30 bits per heavy atom. The number of nitrogens with zero attached hydrogens (tertiary/aromatic N) is 2. The molecule has 20 heavy (non-hydrogen) atoms. The molecule has 1 N–H and O–H groups in total. The van der Waals surface area contributed by atoms with E-state index in [-0.39, 0.29) is 23.9 Å². The first-order valence-electron chi connectivity index (χ1n) is 5.54. The summed E-state index contributed by atoms with van der Waals surface area (Å²) in [6.07, 6.45) is -4.54. The molecule has 0 spiro atoms. The molecule has 1 saturated heterocycles. The highest BCUT2D eigenvalue weighted by atomic mass is 35.5. The lowest BCUT2D eigenvalue weighted by molar-refractivity contribution is -0.137. The minimum Gasteiger partial charge on any atom is -0.477 e. The number of hydrogen-bond donors (Lipinski definition) is 1. The quantitative estimate of drug-likeness (QED) is 0.904. The summed E-state index contributed by atoms with van der Waals surface area (Å²) in [6, 6.07) is 1.67. The van der Waals surface area contributed by atoms with Crippen molar-refractivity contribution in [2.45, 2.75) is 6.18 Å². The molecule has 4 nitrogen and oxygen atoms in total. The SMILES string of the molecule is Cl.O=C(O)c1ccc(C(F)(F)F)c(N2CCSCC2)n1. The fourth-order valence-electron chi connectivity index (χ4n) is 1.80. The number of aromatic carboxylic acids is 1. The van der Waals surface area contributed by atoms with Crippen molar-refractivity contribution < 1.29 is 23.1 Å². The van der Waals surface area contributed by atoms with E-state index in [1.807, 2.05) is 0 Å². The molecule has 0 bridgehead atoms. The number of carboxylic acid groups (broad SMARTS) is 1. The number of hydrogen-bond acceptors (Lipinski definition) is 4. The van der Waals surface area contributed by atoms with Crippen LogP contribution in [0.2, 0.25) is 0 Å². The second-order valence-corrected chi connectivity index (χ2v) is 5.19. The summed E-state index contributed by atoms with van der Waals surface area (Å²) in [4.78, 5) is 16.0. The van der Waals surface area contributed by atoms with Crippen LogP contribution in [0.1, 0.15) is 16.1 Å². The van der Waals surface area contributed by atoms with Crippen molar-refractivity contribution in [1.82, 2.24) is 4.98 Å². The monoisotopic (exact) mass is 328 g/mol. The number of aromatic nitrogens is 1. The first kappa shape index (κ1) is 16.9. The second kappa shape index (κ2) is 6.53. The molecule has 1 fully saturated rings. The highest BCUT2D eigenvalue weighted by molar-refractivity contribution is 7.99. The van der Waals surface area contributed by atoms with Crippen LogP contribution in [0.3, 0.4) is 0 Å². The maximum absolute atomic E-state index is 12.9. The predicted octanol–water partition coefficient (Wildman–Crippen LogP) is 2.77. The lowest BCUT2D eigenvalue weighted by Gasteiger charge is -2.29. The molecule has 1 aliphatic heterocycles. The van der Waals surface area contributed by atoms with Crippen LogP contribution in [0.5, 0.6) is 0 Å². The lowest BCUT2D eigenvalue weighted by Crippen LogP contribution is -2.35. The molecule has 2 rings (SSSR count). The highest BCUT2D eigenvalue weighted by Crippen LogP contribution is 2.36. The zero-order valence-electron chi connectivity index (χ0n) is 10.2. The average molecular weight is 329 g/mol. The molecular weight excluding hydrogens is 317 g/mol. The predicted molar refractivity (Wildman–Crippen MR) is 73.0 cm³/mol. The van der Waals surface area contributed by atoms with Gasteiger partial charge in [-0.05, 0) is 12.1 Å². The third-order valence-electron chi connectivity index (χ3n) is 2.71. The Bertz CT molecular complexity index is 493. The summed E-state index contributed by atoms with van der Waals surface area (Å²) in [7, 11) is 0. The number of rotatable bonds is 2. The molecule has 0 unspecified atom stereocenters. The first-order valence-corrected chi connectivity index (χ1v) is 6.69. The summed E-state index contributed by atoms with van der Waals surface area (Å²) >= 11 is 1.65. The smallest absolute Gasteiger partial charge is 0.419 e. The van der Waals surface area contributed by atoms with Gasteiger partial charge in [-0.1, -0.05) is 0 Å². The molecule has 0 amide bonds.